The number of imide groups is 1. The zero-order chi connectivity index (χ0) is 26.3. The van der Waals surface area contributed by atoms with Crippen LogP contribution >= 0.6 is 11.8 Å². The van der Waals surface area contributed by atoms with Crippen LogP contribution in [-0.2, 0) is 16.1 Å². The van der Waals surface area contributed by atoms with Gasteiger partial charge in [0.1, 0.15) is 24.8 Å². The second-order valence-corrected chi connectivity index (χ2v) is 9.58. The highest BCUT2D eigenvalue weighted by molar-refractivity contribution is 8.18. The molecule has 0 radical (unpaired) electrons. The quantitative estimate of drug-likeness (QED) is 0.429. The number of aromatic nitrogens is 2. The third-order valence-corrected chi connectivity index (χ3v) is 6.66. The van der Waals surface area contributed by atoms with Crippen LogP contribution in [0.1, 0.15) is 24.0 Å². The summed E-state index contributed by atoms with van der Waals surface area (Å²) in [5.74, 6) is 0.844. The summed E-state index contributed by atoms with van der Waals surface area (Å²) < 4.78 is 17.3. The summed E-state index contributed by atoms with van der Waals surface area (Å²) in [5.41, 5.74) is 1.70. The van der Waals surface area contributed by atoms with Gasteiger partial charge in [-0.05, 0) is 41.1 Å². The molecule has 0 unspecified atom stereocenters. The summed E-state index contributed by atoms with van der Waals surface area (Å²) in [6.07, 6.45) is 3.89. The largest absolute Gasteiger partial charge is 0.474 e. The van der Waals surface area contributed by atoms with Crippen molar-refractivity contribution in [1.82, 2.24) is 20.2 Å². The van der Waals surface area contributed by atoms with Gasteiger partial charge in [-0.15, -0.1) is 0 Å². The van der Waals surface area contributed by atoms with Crippen molar-refractivity contribution >= 4 is 35.1 Å². The van der Waals surface area contributed by atoms with Gasteiger partial charge in [-0.25, -0.2) is 14.8 Å². The molecule has 10 nitrogen and oxygen atoms in total. The van der Waals surface area contributed by atoms with E-state index < -0.39 is 5.91 Å². The summed E-state index contributed by atoms with van der Waals surface area (Å²) in [5, 5.41) is 1.85. The van der Waals surface area contributed by atoms with Gasteiger partial charge < -0.3 is 19.1 Å². The molecule has 0 bridgehead atoms. The average Bonchev–Trinajstić information content (AvgIpc) is 3.25. The lowest BCUT2D eigenvalue weighted by molar-refractivity contribution is -0.115. The number of piperidine rings is 1. The number of benzene rings is 2. The van der Waals surface area contributed by atoms with Crippen LogP contribution in [0.3, 0.4) is 0 Å². The van der Waals surface area contributed by atoms with Crippen LogP contribution in [0.15, 0.2) is 71.9 Å². The first-order chi connectivity index (χ1) is 18.5. The Labute approximate surface area is 223 Å². The molecule has 2 aromatic carbocycles. The molecule has 1 aromatic heterocycles. The highest BCUT2D eigenvalue weighted by atomic mass is 32.2. The second-order valence-electron chi connectivity index (χ2n) is 8.56. The number of hydrogen-bond donors (Lipinski definition) is 1. The minimum Gasteiger partial charge on any atom is -0.474 e. The van der Waals surface area contributed by atoms with Gasteiger partial charge in [0.2, 0.25) is 11.8 Å². The van der Waals surface area contributed by atoms with Crippen LogP contribution in [-0.4, -0.2) is 51.3 Å². The predicted octanol–water partition coefficient (Wildman–Crippen LogP) is 4.77. The number of likely N-dealkylation sites (tertiary alicyclic amines) is 1. The Hall–Kier alpha value is -4.38. The number of hydrogen-bond acceptors (Lipinski definition) is 9. The van der Waals surface area contributed by atoms with Crippen LogP contribution in [0.25, 0.3) is 6.08 Å². The number of nitrogens with zero attached hydrogens (tertiary/aromatic N) is 3. The van der Waals surface area contributed by atoms with Crippen molar-refractivity contribution in [3.05, 3.63) is 83.0 Å². The van der Waals surface area contributed by atoms with Crippen LogP contribution in [0.5, 0.6) is 17.5 Å². The van der Waals surface area contributed by atoms with E-state index in [0.717, 1.165) is 22.9 Å². The van der Waals surface area contributed by atoms with Crippen LogP contribution in [0.2, 0.25) is 0 Å². The van der Waals surface area contributed by atoms with Crippen molar-refractivity contribution in [1.29, 1.82) is 0 Å². The first-order valence-electron chi connectivity index (χ1n) is 12.0. The summed E-state index contributed by atoms with van der Waals surface area (Å²) in [6.45, 7) is 1.31. The van der Waals surface area contributed by atoms with E-state index in [1.165, 1.54) is 6.33 Å². The monoisotopic (exact) mass is 532 g/mol. The van der Waals surface area contributed by atoms with Crippen LogP contribution in [0, 0.1) is 0 Å². The second kappa shape index (κ2) is 11.8. The molecule has 0 saturated carbocycles. The molecule has 2 aliphatic rings. The molecular weight excluding hydrogens is 508 g/mol. The van der Waals surface area contributed by atoms with Gasteiger partial charge >= 0.3 is 6.09 Å². The molecule has 3 heterocycles. The predicted molar refractivity (Wildman–Crippen MR) is 140 cm³/mol. The number of carbonyl (C=O) groups is 3. The topological polar surface area (TPSA) is 120 Å². The number of thioether (sulfide) groups is 1. The van der Waals surface area contributed by atoms with Crippen molar-refractivity contribution in [3.8, 4) is 17.5 Å². The molecule has 38 heavy (non-hydrogen) atoms. The van der Waals surface area contributed by atoms with E-state index in [9.17, 15) is 14.4 Å². The molecule has 3 aromatic rings. The Bertz CT molecular complexity index is 1340. The lowest BCUT2D eigenvalue weighted by Gasteiger charge is -2.31. The maximum absolute atomic E-state index is 12.4. The molecule has 2 saturated heterocycles. The van der Waals surface area contributed by atoms with E-state index in [2.05, 4.69) is 15.3 Å². The minimum atomic E-state index is -0.400. The highest BCUT2D eigenvalue weighted by Gasteiger charge is 2.26. The minimum absolute atomic E-state index is 0.0965. The van der Waals surface area contributed by atoms with Gasteiger partial charge in [0.25, 0.3) is 11.1 Å². The van der Waals surface area contributed by atoms with Crippen molar-refractivity contribution in [2.45, 2.75) is 25.6 Å². The standard InChI is InChI=1S/C27H24N4O6S/c32-25-22(38-26(33)30-25)14-18-6-8-20(9-7-18)36-23-15-24(29-17-28-23)37-21-10-12-31(13-11-21)27(34)35-16-19-4-2-1-3-5-19/h1-9,14-15,17,21H,10-13,16H2,(H,30,32,33)/b22-14-. The Morgan fingerprint density at radius 3 is 2.47 bits per heavy atom. The number of rotatable bonds is 7. The fourth-order valence-corrected chi connectivity index (χ4v) is 4.59. The first kappa shape index (κ1) is 25.3. The van der Waals surface area contributed by atoms with Crippen molar-refractivity contribution in [2.75, 3.05) is 13.1 Å². The first-order valence-corrected chi connectivity index (χ1v) is 12.8. The van der Waals surface area contributed by atoms with E-state index >= 15 is 0 Å². The van der Waals surface area contributed by atoms with Gasteiger partial charge in [-0.3, -0.25) is 14.9 Å². The van der Waals surface area contributed by atoms with E-state index in [-0.39, 0.29) is 24.0 Å². The summed E-state index contributed by atoms with van der Waals surface area (Å²) in [7, 11) is 0. The molecule has 5 rings (SSSR count). The van der Waals surface area contributed by atoms with Gasteiger partial charge in [-0.2, -0.15) is 0 Å². The number of nitrogens with one attached hydrogen (secondary N) is 1. The Morgan fingerprint density at radius 1 is 1.03 bits per heavy atom. The molecule has 194 valence electrons. The van der Waals surface area contributed by atoms with E-state index in [0.29, 0.717) is 48.3 Å². The third-order valence-electron chi connectivity index (χ3n) is 5.85. The molecule has 3 amide bonds. The van der Waals surface area contributed by atoms with E-state index in [4.69, 9.17) is 14.2 Å². The molecule has 2 aliphatic heterocycles. The summed E-state index contributed by atoms with van der Waals surface area (Å²) >= 11 is 0.868. The molecule has 11 heteroatoms. The lowest BCUT2D eigenvalue weighted by atomic mass is 10.1. The van der Waals surface area contributed by atoms with Gasteiger partial charge in [0.15, 0.2) is 0 Å². The third kappa shape index (κ3) is 6.68. The lowest BCUT2D eigenvalue weighted by Crippen LogP contribution is -2.42. The zero-order valence-corrected chi connectivity index (χ0v) is 21.1. The SMILES string of the molecule is O=C1NC(=O)/C(=C/c2ccc(Oc3cc(OC4CCN(C(=O)OCc5ccccc5)CC4)ncn3)cc2)S1. The number of amides is 3. The van der Waals surface area contributed by atoms with Gasteiger partial charge in [0.05, 0.1) is 11.0 Å². The molecular formula is C27H24N4O6S. The summed E-state index contributed by atoms with van der Waals surface area (Å²) in [6, 6.07) is 18.2. The Balaban J connectivity index is 1.10. The van der Waals surface area contributed by atoms with E-state index in [1.807, 2.05) is 30.3 Å². The maximum atomic E-state index is 12.4. The fourth-order valence-electron chi connectivity index (χ4n) is 3.91. The number of ether oxygens (including phenoxy) is 3. The molecule has 0 spiro atoms. The van der Waals surface area contributed by atoms with Crippen LogP contribution < -0.4 is 14.8 Å². The maximum Gasteiger partial charge on any atom is 0.410 e. The average molecular weight is 533 g/mol. The van der Waals surface area contributed by atoms with Crippen molar-refractivity contribution < 1.29 is 28.6 Å². The Morgan fingerprint density at radius 2 is 1.76 bits per heavy atom. The summed E-state index contributed by atoms with van der Waals surface area (Å²) in [4.78, 5) is 45.7. The fraction of sp³-hybridized carbons (Fsp3) is 0.222. The molecule has 2 fully saturated rings. The molecule has 0 aliphatic carbocycles. The Kier molecular flexibility index (Phi) is 7.84. The van der Waals surface area contributed by atoms with Crippen LogP contribution in [0.4, 0.5) is 9.59 Å². The van der Waals surface area contributed by atoms with Gasteiger partial charge in [-0.1, -0.05) is 42.5 Å². The van der Waals surface area contributed by atoms with Crippen molar-refractivity contribution in [3.63, 3.8) is 0 Å². The van der Waals surface area contributed by atoms with Gasteiger partial charge in [0, 0.05) is 25.9 Å². The molecule has 0 atom stereocenters. The normalized spacial score (nSPS) is 16.8. The number of carbonyl (C=O) groups excluding carboxylic acids is 3. The van der Waals surface area contributed by atoms with Crippen molar-refractivity contribution in [2.24, 2.45) is 0 Å². The molecule has 1 N–H and O–H groups in total. The van der Waals surface area contributed by atoms with E-state index in [1.54, 1.807) is 41.3 Å². The highest BCUT2D eigenvalue weighted by Crippen LogP contribution is 2.28. The smallest absolute Gasteiger partial charge is 0.410 e. The zero-order valence-electron chi connectivity index (χ0n) is 20.2.